The zero-order chi connectivity index (χ0) is 25.1. The fraction of sp³-hybridized carbons (Fsp3) is 0.407. The summed E-state index contributed by atoms with van der Waals surface area (Å²) in [6.45, 7) is 6.38. The second-order valence-corrected chi connectivity index (χ2v) is 9.52. The molecule has 5 rings (SSSR count). The molecule has 0 saturated carbocycles. The number of nitrogens with one attached hydrogen (secondary N) is 1. The van der Waals surface area contributed by atoms with Crippen LogP contribution in [0, 0.1) is 12.7 Å². The Morgan fingerprint density at radius 1 is 1.19 bits per heavy atom. The number of benzene rings is 2. The molecular weight excluding hydrogens is 459 g/mol. The minimum Gasteiger partial charge on any atom is -0.376 e. The molecule has 4 aromatic rings. The summed E-state index contributed by atoms with van der Waals surface area (Å²) >= 11 is 0. The van der Waals surface area contributed by atoms with E-state index in [1.54, 1.807) is 12.1 Å². The summed E-state index contributed by atoms with van der Waals surface area (Å²) < 4.78 is 21.2. The van der Waals surface area contributed by atoms with Crippen LogP contribution in [-0.2, 0) is 24.4 Å². The number of hydrogen-bond donors (Lipinski definition) is 1. The quantitative estimate of drug-likeness (QED) is 0.376. The van der Waals surface area contributed by atoms with Crippen molar-refractivity contribution in [2.45, 2.75) is 64.9 Å². The van der Waals surface area contributed by atoms with Crippen LogP contribution in [0.5, 0.6) is 0 Å². The lowest BCUT2D eigenvalue weighted by molar-refractivity contribution is 0.0888. The number of aryl methyl sites for hydroxylation is 1. The van der Waals surface area contributed by atoms with Crippen molar-refractivity contribution in [3.05, 3.63) is 87.2 Å². The van der Waals surface area contributed by atoms with E-state index < -0.39 is 0 Å². The standard InChI is InChI=1S/C27H31FN6O2/c1-3-25(26-30-31-32-34(26)17-23-5-4-12-36-23)33(15-19-7-9-22(28)10-8-19)16-21-14-20-13-18(2)6-11-24(20)29-27(21)35/h6-11,13-14,23,25H,3-5,12,15-17H2,1-2H3,(H,29,35)/t23-,25+/m0/s1. The average molecular weight is 491 g/mol. The van der Waals surface area contributed by atoms with E-state index in [-0.39, 0.29) is 23.5 Å². The van der Waals surface area contributed by atoms with Crippen molar-refractivity contribution in [2.75, 3.05) is 6.61 Å². The van der Waals surface area contributed by atoms with Crippen LogP contribution >= 0.6 is 0 Å². The van der Waals surface area contributed by atoms with Gasteiger partial charge in [0.25, 0.3) is 5.56 Å². The van der Waals surface area contributed by atoms with Crippen LogP contribution in [0.1, 0.15) is 54.7 Å². The van der Waals surface area contributed by atoms with Crippen molar-refractivity contribution < 1.29 is 9.13 Å². The Morgan fingerprint density at radius 3 is 2.78 bits per heavy atom. The van der Waals surface area contributed by atoms with E-state index in [1.165, 1.54) is 12.1 Å². The molecule has 0 aliphatic carbocycles. The van der Waals surface area contributed by atoms with Crippen LogP contribution in [0.4, 0.5) is 4.39 Å². The summed E-state index contributed by atoms with van der Waals surface area (Å²) in [5.41, 5.74) is 3.42. The molecule has 1 aliphatic heterocycles. The molecule has 0 bridgehead atoms. The second kappa shape index (κ2) is 10.7. The highest BCUT2D eigenvalue weighted by atomic mass is 19.1. The summed E-state index contributed by atoms with van der Waals surface area (Å²) in [7, 11) is 0. The van der Waals surface area contributed by atoms with Gasteiger partial charge in [-0.05, 0) is 77.9 Å². The Balaban J connectivity index is 1.50. The van der Waals surface area contributed by atoms with Gasteiger partial charge in [-0.3, -0.25) is 9.69 Å². The first kappa shape index (κ1) is 24.3. The summed E-state index contributed by atoms with van der Waals surface area (Å²) in [6, 6.07) is 14.3. The zero-order valence-corrected chi connectivity index (χ0v) is 20.7. The Bertz CT molecular complexity index is 1380. The molecule has 188 valence electrons. The van der Waals surface area contributed by atoms with Crippen molar-refractivity contribution >= 4 is 10.9 Å². The largest absolute Gasteiger partial charge is 0.376 e. The third kappa shape index (κ3) is 5.37. The molecule has 2 aromatic heterocycles. The van der Waals surface area contributed by atoms with Crippen molar-refractivity contribution in [3.8, 4) is 0 Å². The van der Waals surface area contributed by atoms with Gasteiger partial charge in [-0.1, -0.05) is 30.7 Å². The molecule has 2 atom stereocenters. The lowest BCUT2D eigenvalue weighted by Crippen LogP contribution is -2.33. The Kier molecular flexibility index (Phi) is 7.20. The number of aromatic amines is 1. The van der Waals surface area contributed by atoms with E-state index in [4.69, 9.17) is 4.74 Å². The zero-order valence-electron chi connectivity index (χ0n) is 20.7. The minimum absolute atomic E-state index is 0.0990. The molecule has 1 N–H and O–H groups in total. The number of ether oxygens (including phenoxy) is 1. The van der Waals surface area contributed by atoms with E-state index in [2.05, 4.69) is 38.4 Å². The Hall–Kier alpha value is -3.43. The Labute approximate surface area is 209 Å². The van der Waals surface area contributed by atoms with Crippen molar-refractivity contribution in [1.82, 2.24) is 30.1 Å². The summed E-state index contributed by atoms with van der Waals surface area (Å²) in [4.78, 5) is 18.3. The van der Waals surface area contributed by atoms with Gasteiger partial charge in [0.1, 0.15) is 5.82 Å². The lowest BCUT2D eigenvalue weighted by Gasteiger charge is -2.30. The van der Waals surface area contributed by atoms with Crippen LogP contribution < -0.4 is 5.56 Å². The van der Waals surface area contributed by atoms with E-state index in [1.807, 2.05) is 29.8 Å². The number of tetrazole rings is 1. The normalized spacial score (nSPS) is 16.7. The number of pyridine rings is 1. The van der Waals surface area contributed by atoms with Gasteiger partial charge < -0.3 is 9.72 Å². The van der Waals surface area contributed by atoms with Crippen molar-refractivity contribution in [2.24, 2.45) is 0 Å². The van der Waals surface area contributed by atoms with Gasteiger partial charge in [-0.25, -0.2) is 9.07 Å². The molecule has 36 heavy (non-hydrogen) atoms. The van der Waals surface area contributed by atoms with Gasteiger partial charge >= 0.3 is 0 Å². The van der Waals surface area contributed by atoms with E-state index >= 15 is 0 Å². The average Bonchev–Trinajstić information content (AvgIpc) is 3.55. The van der Waals surface area contributed by atoms with Crippen LogP contribution in [-0.4, -0.2) is 42.8 Å². The van der Waals surface area contributed by atoms with Gasteiger partial charge in [0.2, 0.25) is 0 Å². The minimum atomic E-state index is -0.279. The molecule has 2 aromatic carbocycles. The summed E-state index contributed by atoms with van der Waals surface area (Å²) in [5, 5.41) is 13.6. The molecule has 3 heterocycles. The number of fused-ring (bicyclic) bond motifs is 1. The van der Waals surface area contributed by atoms with Gasteiger partial charge in [-0.2, -0.15) is 0 Å². The van der Waals surface area contributed by atoms with E-state index in [0.717, 1.165) is 53.7 Å². The van der Waals surface area contributed by atoms with Gasteiger partial charge in [-0.15, -0.1) is 5.10 Å². The molecule has 1 saturated heterocycles. The van der Waals surface area contributed by atoms with Crippen molar-refractivity contribution in [3.63, 3.8) is 0 Å². The van der Waals surface area contributed by atoms with Crippen LogP contribution in [0.2, 0.25) is 0 Å². The number of H-pyrrole nitrogens is 1. The molecule has 0 spiro atoms. The monoisotopic (exact) mass is 490 g/mol. The maximum atomic E-state index is 13.6. The van der Waals surface area contributed by atoms with Crippen molar-refractivity contribution in [1.29, 1.82) is 0 Å². The van der Waals surface area contributed by atoms with E-state index in [0.29, 0.717) is 25.2 Å². The predicted molar refractivity (Wildman–Crippen MR) is 135 cm³/mol. The molecule has 1 aliphatic rings. The molecule has 0 amide bonds. The third-order valence-corrected chi connectivity index (χ3v) is 6.83. The fourth-order valence-corrected chi connectivity index (χ4v) is 4.97. The molecule has 9 heteroatoms. The van der Waals surface area contributed by atoms with Crippen LogP contribution in [0.3, 0.4) is 0 Å². The van der Waals surface area contributed by atoms with Gasteiger partial charge in [0.15, 0.2) is 5.82 Å². The van der Waals surface area contributed by atoms with Gasteiger partial charge in [0, 0.05) is 30.8 Å². The predicted octanol–water partition coefficient (Wildman–Crippen LogP) is 4.29. The summed E-state index contributed by atoms with van der Waals surface area (Å²) in [5.74, 6) is 0.461. The molecule has 1 fully saturated rings. The van der Waals surface area contributed by atoms with Crippen LogP contribution in [0.25, 0.3) is 10.9 Å². The highest BCUT2D eigenvalue weighted by Crippen LogP contribution is 2.27. The topological polar surface area (TPSA) is 88.9 Å². The highest BCUT2D eigenvalue weighted by Gasteiger charge is 2.28. The maximum Gasteiger partial charge on any atom is 0.252 e. The number of nitrogens with zero attached hydrogens (tertiary/aromatic N) is 5. The first-order chi connectivity index (χ1) is 17.5. The summed E-state index contributed by atoms with van der Waals surface area (Å²) in [6.07, 6.45) is 2.86. The third-order valence-electron chi connectivity index (χ3n) is 6.83. The molecular formula is C27H31FN6O2. The number of halogens is 1. The lowest BCUT2D eigenvalue weighted by atomic mass is 10.1. The highest BCUT2D eigenvalue weighted by molar-refractivity contribution is 5.79. The number of hydrogen-bond acceptors (Lipinski definition) is 6. The maximum absolute atomic E-state index is 13.6. The first-order valence-electron chi connectivity index (χ1n) is 12.5. The van der Waals surface area contributed by atoms with Crippen LogP contribution in [0.15, 0.2) is 53.3 Å². The SMILES string of the molecule is CC[C@H](c1nnnn1C[C@@H]1CCCO1)N(Cc1ccc(F)cc1)Cc1cc2cc(C)ccc2[nH]c1=O. The molecule has 0 radical (unpaired) electrons. The fourth-order valence-electron chi connectivity index (χ4n) is 4.97. The molecule has 8 nitrogen and oxygen atoms in total. The van der Waals surface area contributed by atoms with Gasteiger partial charge in [0.05, 0.1) is 18.7 Å². The smallest absolute Gasteiger partial charge is 0.252 e. The number of aromatic nitrogens is 5. The van der Waals surface area contributed by atoms with E-state index in [9.17, 15) is 9.18 Å². The molecule has 0 unspecified atom stereocenters. The number of rotatable bonds is 9. The second-order valence-electron chi connectivity index (χ2n) is 9.52. The first-order valence-corrected chi connectivity index (χ1v) is 12.5. The Morgan fingerprint density at radius 2 is 2.03 bits per heavy atom.